The van der Waals surface area contributed by atoms with Crippen LogP contribution in [0.3, 0.4) is 0 Å². The number of aromatic nitrogens is 5. The van der Waals surface area contributed by atoms with Gasteiger partial charge in [-0.25, -0.2) is 4.98 Å². The largest absolute Gasteiger partial charge is 0.378 e. The Balaban J connectivity index is 1.44. The zero-order valence-corrected chi connectivity index (χ0v) is 16.7. The van der Waals surface area contributed by atoms with E-state index in [-0.39, 0.29) is 6.04 Å². The van der Waals surface area contributed by atoms with Crippen molar-refractivity contribution in [1.29, 1.82) is 0 Å². The molecule has 9 heteroatoms. The second kappa shape index (κ2) is 7.47. The maximum atomic E-state index is 5.71. The van der Waals surface area contributed by atoms with Crippen LogP contribution in [-0.4, -0.2) is 39.0 Å². The number of methoxy groups -OCH3 is 1. The maximum Gasteiger partial charge on any atom is 0.228 e. The third-order valence-corrected chi connectivity index (χ3v) is 5.40. The van der Waals surface area contributed by atoms with Crippen molar-refractivity contribution in [2.45, 2.75) is 51.2 Å². The number of nitrogens with one attached hydrogen (secondary N) is 2. The average Bonchev–Trinajstić information content (AvgIpc) is 3.08. The van der Waals surface area contributed by atoms with Gasteiger partial charge in [-0.1, -0.05) is 5.16 Å². The molecule has 4 heterocycles. The van der Waals surface area contributed by atoms with Gasteiger partial charge in [0.25, 0.3) is 0 Å². The summed E-state index contributed by atoms with van der Waals surface area (Å²) in [5, 5.41) is 14.7. The van der Waals surface area contributed by atoms with E-state index in [0.29, 0.717) is 24.3 Å². The Labute approximate surface area is 168 Å². The zero-order chi connectivity index (χ0) is 19.8. The Bertz CT molecular complexity index is 994. The molecule has 152 valence electrons. The summed E-state index contributed by atoms with van der Waals surface area (Å²) in [6, 6.07) is 6.05. The Kier molecular flexibility index (Phi) is 4.67. The van der Waals surface area contributed by atoms with E-state index in [9.17, 15) is 0 Å². The summed E-state index contributed by atoms with van der Waals surface area (Å²) in [7, 11) is 1.67. The molecule has 9 nitrogen and oxygen atoms in total. The topological polar surface area (TPSA) is 105 Å². The smallest absolute Gasteiger partial charge is 0.228 e. The molecule has 1 aliphatic carbocycles. The molecule has 5 rings (SSSR count). The number of H-pyrrole nitrogens is 1. The van der Waals surface area contributed by atoms with Gasteiger partial charge in [-0.3, -0.25) is 5.10 Å². The van der Waals surface area contributed by atoms with Gasteiger partial charge in [0.15, 0.2) is 11.6 Å². The van der Waals surface area contributed by atoms with Crippen molar-refractivity contribution < 1.29 is 9.26 Å². The highest BCUT2D eigenvalue weighted by Gasteiger charge is 2.34. The molecule has 2 aliphatic rings. The number of aryl methyl sites for hydroxylation is 1. The third kappa shape index (κ3) is 3.82. The Morgan fingerprint density at radius 1 is 1.21 bits per heavy atom. The SMILES string of the molecule is COCc1cc(Nc2cc(C)[nH]n2)nc(N2CCCC2c2cc(C3CC3)no2)n1. The van der Waals surface area contributed by atoms with Crippen LogP contribution in [0.15, 0.2) is 22.7 Å². The molecule has 1 aliphatic heterocycles. The second-order valence-corrected chi connectivity index (χ2v) is 7.82. The lowest BCUT2D eigenvalue weighted by atomic mass is 10.1. The van der Waals surface area contributed by atoms with Crippen LogP contribution in [0.5, 0.6) is 0 Å². The molecule has 0 amide bonds. The molecular weight excluding hydrogens is 370 g/mol. The summed E-state index contributed by atoms with van der Waals surface area (Å²) >= 11 is 0. The highest BCUT2D eigenvalue weighted by atomic mass is 16.5. The first-order valence-corrected chi connectivity index (χ1v) is 10.1. The van der Waals surface area contributed by atoms with Crippen LogP contribution in [0.25, 0.3) is 0 Å². The Morgan fingerprint density at radius 3 is 2.86 bits per heavy atom. The molecule has 2 fully saturated rings. The summed E-state index contributed by atoms with van der Waals surface area (Å²) < 4.78 is 11.0. The van der Waals surface area contributed by atoms with Crippen molar-refractivity contribution in [2.75, 3.05) is 23.9 Å². The number of rotatable bonds is 7. The molecular formula is C20H25N7O2. The standard InChI is InChI=1S/C20H25N7O2/c1-12-8-19(25-24-12)22-18-9-14(11-28-2)21-20(23-18)27-7-3-4-16(27)17-10-15(26-29-17)13-5-6-13/h8-10,13,16H,3-7,11H2,1-2H3,(H2,21,22,23,24,25). The van der Waals surface area contributed by atoms with Gasteiger partial charge in [-0.15, -0.1) is 0 Å². The van der Waals surface area contributed by atoms with Crippen LogP contribution in [-0.2, 0) is 11.3 Å². The Hall–Kier alpha value is -2.94. The van der Waals surface area contributed by atoms with E-state index in [2.05, 4.69) is 31.6 Å². The van der Waals surface area contributed by atoms with Gasteiger partial charge in [0.05, 0.1) is 24.0 Å². The fourth-order valence-corrected chi connectivity index (χ4v) is 3.85. The third-order valence-electron chi connectivity index (χ3n) is 5.40. The maximum absolute atomic E-state index is 5.71. The lowest BCUT2D eigenvalue weighted by Crippen LogP contribution is -2.25. The van der Waals surface area contributed by atoms with Crippen LogP contribution in [0.4, 0.5) is 17.6 Å². The van der Waals surface area contributed by atoms with E-state index in [1.165, 1.54) is 12.8 Å². The molecule has 0 spiro atoms. The highest BCUT2D eigenvalue weighted by Crippen LogP contribution is 2.42. The number of hydrogen-bond donors (Lipinski definition) is 2. The fraction of sp³-hybridized carbons (Fsp3) is 0.500. The summed E-state index contributed by atoms with van der Waals surface area (Å²) in [6.07, 6.45) is 4.48. The van der Waals surface area contributed by atoms with E-state index < -0.39 is 0 Å². The molecule has 1 saturated heterocycles. The van der Waals surface area contributed by atoms with Crippen molar-refractivity contribution in [3.05, 3.63) is 41.0 Å². The van der Waals surface area contributed by atoms with Crippen molar-refractivity contribution in [1.82, 2.24) is 25.3 Å². The summed E-state index contributed by atoms with van der Waals surface area (Å²) in [6.45, 7) is 3.25. The van der Waals surface area contributed by atoms with Gasteiger partial charge in [-0.2, -0.15) is 10.1 Å². The van der Waals surface area contributed by atoms with E-state index >= 15 is 0 Å². The molecule has 3 aromatic rings. The van der Waals surface area contributed by atoms with Crippen molar-refractivity contribution in [3.63, 3.8) is 0 Å². The van der Waals surface area contributed by atoms with Gasteiger partial charge < -0.3 is 19.5 Å². The summed E-state index contributed by atoms with van der Waals surface area (Å²) in [5.41, 5.74) is 2.88. The van der Waals surface area contributed by atoms with Crippen LogP contribution in [0.2, 0.25) is 0 Å². The lowest BCUT2D eigenvalue weighted by Gasteiger charge is -2.23. The number of hydrogen-bond acceptors (Lipinski definition) is 8. The first-order chi connectivity index (χ1) is 14.2. The quantitative estimate of drug-likeness (QED) is 0.625. The fourth-order valence-electron chi connectivity index (χ4n) is 3.85. The summed E-state index contributed by atoms with van der Waals surface area (Å²) in [5.74, 6) is 3.56. The molecule has 0 bridgehead atoms. The van der Waals surface area contributed by atoms with Gasteiger partial charge in [0.2, 0.25) is 5.95 Å². The molecule has 3 aromatic heterocycles. The highest BCUT2D eigenvalue weighted by molar-refractivity contribution is 5.55. The minimum Gasteiger partial charge on any atom is -0.378 e. The van der Waals surface area contributed by atoms with Gasteiger partial charge in [-0.05, 0) is 32.6 Å². The molecule has 0 aromatic carbocycles. The van der Waals surface area contributed by atoms with E-state index in [1.54, 1.807) is 7.11 Å². The molecule has 0 radical (unpaired) electrons. The van der Waals surface area contributed by atoms with E-state index in [4.69, 9.17) is 19.2 Å². The van der Waals surface area contributed by atoms with Gasteiger partial charge in [0.1, 0.15) is 5.82 Å². The predicted octanol–water partition coefficient (Wildman–Crippen LogP) is 3.61. The lowest BCUT2D eigenvalue weighted by molar-refractivity contribution is 0.181. The first-order valence-electron chi connectivity index (χ1n) is 10.1. The van der Waals surface area contributed by atoms with Crippen molar-refractivity contribution in [3.8, 4) is 0 Å². The molecule has 1 saturated carbocycles. The summed E-state index contributed by atoms with van der Waals surface area (Å²) in [4.78, 5) is 11.7. The number of anilines is 3. The average molecular weight is 395 g/mol. The van der Waals surface area contributed by atoms with Crippen molar-refractivity contribution in [2.24, 2.45) is 0 Å². The minimum atomic E-state index is 0.105. The molecule has 2 N–H and O–H groups in total. The Morgan fingerprint density at radius 2 is 2.10 bits per heavy atom. The number of nitrogens with zero attached hydrogens (tertiary/aromatic N) is 5. The monoisotopic (exact) mass is 395 g/mol. The minimum absolute atomic E-state index is 0.105. The number of aromatic amines is 1. The van der Waals surface area contributed by atoms with Gasteiger partial charge in [0, 0.05) is 43.5 Å². The molecule has 1 atom stereocenters. The van der Waals surface area contributed by atoms with Crippen molar-refractivity contribution >= 4 is 17.6 Å². The first kappa shape index (κ1) is 18.1. The normalized spacial score (nSPS) is 19.1. The van der Waals surface area contributed by atoms with E-state index in [0.717, 1.165) is 48.0 Å². The van der Waals surface area contributed by atoms with Crippen LogP contribution < -0.4 is 10.2 Å². The molecule has 1 unspecified atom stereocenters. The van der Waals surface area contributed by atoms with E-state index in [1.807, 2.05) is 19.1 Å². The zero-order valence-electron chi connectivity index (χ0n) is 16.7. The second-order valence-electron chi connectivity index (χ2n) is 7.82. The van der Waals surface area contributed by atoms with Crippen LogP contribution >= 0.6 is 0 Å². The predicted molar refractivity (Wildman–Crippen MR) is 107 cm³/mol. The molecule has 29 heavy (non-hydrogen) atoms. The number of ether oxygens (including phenoxy) is 1. The van der Waals surface area contributed by atoms with Crippen LogP contribution in [0.1, 0.15) is 60.5 Å². The van der Waals surface area contributed by atoms with Gasteiger partial charge >= 0.3 is 0 Å². The van der Waals surface area contributed by atoms with Crippen LogP contribution in [0, 0.1) is 6.92 Å².